The maximum Gasteiger partial charge on any atom is 0.241 e. The molecule has 2 amide bonds. The van der Waals surface area contributed by atoms with Gasteiger partial charge in [0.2, 0.25) is 29.0 Å². The zero-order valence-corrected chi connectivity index (χ0v) is 18.8. The number of amides is 2. The highest BCUT2D eigenvalue weighted by Gasteiger charge is 2.74. The Labute approximate surface area is 200 Å². The molecule has 3 aromatic rings. The molecule has 2 saturated heterocycles. The molecule has 2 aliphatic heterocycles. The molecule has 1 spiro atoms. The predicted molar refractivity (Wildman–Crippen MR) is 124 cm³/mol. The van der Waals surface area contributed by atoms with Crippen LogP contribution >= 0.6 is 11.6 Å². The van der Waals surface area contributed by atoms with Gasteiger partial charge in [0.1, 0.15) is 0 Å². The first-order valence-corrected chi connectivity index (χ1v) is 11.3. The third-order valence-electron chi connectivity index (χ3n) is 6.99. The van der Waals surface area contributed by atoms with Crippen LogP contribution in [-0.4, -0.2) is 29.0 Å². The molecule has 0 N–H and O–H groups in total. The SMILES string of the molecule is Cc1ccc([C@H]2OC3(C(=O)c4ccccc4C3=O)[C@@H]3C(=O)N(c4cccc(Cl)c4)C(=O)[C@@H]23)cc1. The second-order valence-electron chi connectivity index (χ2n) is 8.88. The van der Waals surface area contributed by atoms with Crippen molar-refractivity contribution in [3.8, 4) is 0 Å². The van der Waals surface area contributed by atoms with Crippen LogP contribution in [0.2, 0.25) is 5.02 Å². The first-order chi connectivity index (χ1) is 16.3. The number of carbonyl (C=O) groups excluding carboxylic acids is 4. The Hall–Kier alpha value is -3.61. The average molecular weight is 472 g/mol. The molecule has 2 heterocycles. The standard InChI is InChI=1S/C27H18ClNO5/c1-14-9-11-15(12-10-14)22-20-21(26(33)29(25(20)32)17-6-4-5-16(28)13-17)27(34-22)23(30)18-7-2-3-8-19(18)24(27)31/h2-13,20-22H,1H3/t20-,21+,22-/m1/s1. The van der Waals surface area contributed by atoms with Gasteiger partial charge in [0, 0.05) is 16.1 Å². The topological polar surface area (TPSA) is 80.8 Å². The highest BCUT2D eigenvalue weighted by Crippen LogP contribution is 2.57. The molecule has 6 rings (SSSR count). The summed E-state index contributed by atoms with van der Waals surface area (Å²) in [5.41, 5.74) is 0.259. The van der Waals surface area contributed by atoms with Gasteiger partial charge >= 0.3 is 0 Å². The highest BCUT2D eigenvalue weighted by molar-refractivity contribution is 6.37. The first kappa shape index (κ1) is 21.0. The summed E-state index contributed by atoms with van der Waals surface area (Å²) < 4.78 is 6.27. The minimum Gasteiger partial charge on any atom is -0.349 e. The molecule has 3 aromatic carbocycles. The molecule has 6 nitrogen and oxygen atoms in total. The van der Waals surface area contributed by atoms with Crippen molar-refractivity contribution in [2.45, 2.75) is 18.6 Å². The van der Waals surface area contributed by atoms with Gasteiger partial charge in [0.25, 0.3) is 0 Å². The maximum atomic E-state index is 13.8. The molecule has 34 heavy (non-hydrogen) atoms. The number of nitrogens with zero attached hydrogens (tertiary/aromatic N) is 1. The summed E-state index contributed by atoms with van der Waals surface area (Å²) in [7, 11) is 0. The smallest absolute Gasteiger partial charge is 0.241 e. The van der Waals surface area contributed by atoms with E-state index in [4.69, 9.17) is 16.3 Å². The lowest BCUT2D eigenvalue weighted by Crippen LogP contribution is -2.51. The summed E-state index contributed by atoms with van der Waals surface area (Å²) in [5, 5.41) is 0.358. The van der Waals surface area contributed by atoms with Crippen molar-refractivity contribution in [3.63, 3.8) is 0 Å². The fraction of sp³-hybridized carbons (Fsp3) is 0.185. The molecule has 168 valence electrons. The number of ether oxygens (including phenoxy) is 1. The van der Waals surface area contributed by atoms with E-state index in [1.54, 1.807) is 54.6 Å². The summed E-state index contributed by atoms with van der Waals surface area (Å²) >= 11 is 6.12. The van der Waals surface area contributed by atoms with Gasteiger partial charge in [-0.25, -0.2) is 4.90 Å². The molecular weight excluding hydrogens is 454 g/mol. The predicted octanol–water partition coefficient (Wildman–Crippen LogP) is 4.34. The van der Waals surface area contributed by atoms with E-state index in [0.29, 0.717) is 16.3 Å². The van der Waals surface area contributed by atoms with Crippen LogP contribution in [0.3, 0.4) is 0 Å². The highest BCUT2D eigenvalue weighted by atomic mass is 35.5. The number of anilines is 1. The third-order valence-corrected chi connectivity index (χ3v) is 7.23. The van der Waals surface area contributed by atoms with Gasteiger partial charge in [0.05, 0.1) is 23.6 Å². The fourth-order valence-electron chi connectivity index (χ4n) is 5.44. The van der Waals surface area contributed by atoms with Gasteiger partial charge in [-0.1, -0.05) is 71.8 Å². The molecule has 2 fully saturated rings. The van der Waals surface area contributed by atoms with E-state index >= 15 is 0 Å². The number of rotatable bonds is 2. The van der Waals surface area contributed by atoms with E-state index in [0.717, 1.165) is 10.5 Å². The molecule has 0 aromatic heterocycles. The van der Waals surface area contributed by atoms with Gasteiger partial charge in [-0.2, -0.15) is 0 Å². The van der Waals surface area contributed by atoms with Gasteiger partial charge in [-0.15, -0.1) is 0 Å². The lowest BCUT2D eigenvalue weighted by molar-refractivity contribution is -0.127. The minimum absolute atomic E-state index is 0.206. The Kier molecular flexibility index (Phi) is 4.43. The lowest BCUT2D eigenvalue weighted by atomic mass is 9.77. The van der Waals surface area contributed by atoms with E-state index in [9.17, 15) is 19.2 Å². The van der Waals surface area contributed by atoms with Gasteiger partial charge in [-0.3, -0.25) is 19.2 Å². The lowest BCUT2D eigenvalue weighted by Gasteiger charge is -2.27. The Morgan fingerprint density at radius 2 is 1.47 bits per heavy atom. The van der Waals surface area contributed by atoms with Crippen LogP contribution in [0.15, 0.2) is 72.8 Å². The maximum absolute atomic E-state index is 13.8. The molecule has 7 heteroatoms. The molecule has 3 atom stereocenters. The largest absolute Gasteiger partial charge is 0.349 e. The number of hydrogen-bond acceptors (Lipinski definition) is 5. The molecule has 3 aliphatic rings. The molecule has 0 radical (unpaired) electrons. The number of halogens is 1. The quantitative estimate of drug-likeness (QED) is 0.410. The fourth-order valence-corrected chi connectivity index (χ4v) is 5.63. The van der Waals surface area contributed by atoms with E-state index in [1.165, 1.54) is 6.07 Å². The molecule has 0 unspecified atom stereocenters. The van der Waals surface area contributed by atoms with E-state index in [-0.39, 0.29) is 11.1 Å². The Bertz CT molecular complexity index is 1380. The Morgan fingerprint density at radius 3 is 2.09 bits per heavy atom. The normalized spacial score (nSPS) is 24.8. The second-order valence-corrected chi connectivity index (χ2v) is 9.32. The molecular formula is C27H18ClNO5. The van der Waals surface area contributed by atoms with Crippen molar-refractivity contribution in [2.75, 3.05) is 4.90 Å². The minimum atomic E-state index is -2.08. The summed E-state index contributed by atoms with van der Waals surface area (Å²) in [5.74, 6) is -4.62. The van der Waals surface area contributed by atoms with Crippen molar-refractivity contribution in [1.29, 1.82) is 0 Å². The van der Waals surface area contributed by atoms with Crippen LogP contribution in [-0.2, 0) is 14.3 Å². The van der Waals surface area contributed by atoms with Crippen LogP contribution in [0.1, 0.15) is 37.9 Å². The third kappa shape index (κ3) is 2.61. The van der Waals surface area contributed by atoms with Crippen LogP contribution in [0.4, 0.5) is 5.69 Å². The van der Waals surface area contributed by atoms with Crippen molar-refractivity contribution < 1.29 is 23.9 Å². The van der Waals surface area contributed by atoms with Crippen molar-refractivity contribution in [2.24, 2.45) is 11.8 Å². The van der Waals surface area contributed by atoms with Crippen molar-refractivity contribution in [1.82, 2.24) is 0 Å². The zero-order chi connectivity index (χ0) is 23.8. The number of imide groups is 1. The Balaban J connectivity index is 1.55. The number of hydrogen-bond donors (Lipinski definition) is 0. The molecule has 0 saturated carbocycles. The molecule has 0 bridgehead atoms. The van der Waals surface area contributed by atoms with Crippen LogP contribution in [0.5, 0.6) is 0 Å². The van der Waals surface area contributed by atoms with E-state index < -0.39 is 46.9 Å². The summed E-state index contributed by atoms with van der Waals surface area (Å²) in [4.78, 5) is 56.0. The summed E-state index contributed by atoms with van der Waals surface area (Å²) in [6, 6.07) is 20.1. The second kappa shape index (κ2) is 7.19. The number of aryl methyl sites for hydroxylation is 1. The van der Waals surface area contributed by atoms with Gasteiger partial charge < -0.3 is 4.74 Å². The monoisotopic (exact) mass is 471 g/mol. The van der Waals surface area contributed by atoms with Crippen LogP contribution in [0.25, 0.3) is 0 Å². The van der Waals surface area contributed by atoms with E-state index in [1.807, 2.05) is 19.1 Å². The summed E-state index contributed by atoms with van der Waals surface area (Å²) in [6.07, 6.45) is -0.937. The number of ketones is 2. The van der Waals surface area contributed by atoms with Gasteiger partial charge in [-0.05, 0) is 30.7 Å². The number of carbonyl (C=O) groups is 4. The van der Waals surface area contributed by atoms with Gasteiger partial charge in [0.15, 0.2) is 0 Å². The first-order valence-electron chi connectivity index (χ1n) is 10.9. The number of fused-ring (bicyclic) bond motifs is 3. The molecule has 1 aliphatic carbocycles. The average Bonchev–Trinajstić information content (AvgIpc) is 3.40. The van der Waals surface area contributed by atoms with Crippen molar-refractivity contribution >= 4 is 40.7 Å². The van der Waals surface area contributed by atoms with E-state index in [2.05, 4.69) is 0 Å². The Morgan fingerprint density at radius 1 is 0.824 bits per heavy atom. The van der Waals surface area contributed by atoms with Crippen molar-refractivity contribution in [3.05, 3.63) is 100 Å². The van der Waals surface area contributed by atoms with Crippen LogP contribution < -0.4 is 4.90 Å². The van der Waals surface area contributed by atoms with Crippen LogP contribution in [0, 0.1) is 18.8 Å². The summed E-state index contributed by atoms with van der Waals surface area (Å²) in [6.45, 7) is 1.93. The zero-order valence-electron chi connectivity index (χ0n) is 18.0. The number of Topliss-reactive ketones (excluding diaryl/α,β-unsaturated/α-hetero) is 2. The number of benzene rings is 3.